The summed E-state index contributed by atoms with van der Waals surface area (Å²) in [4.78, 5) is 22.6. The van der Waals surface area contributed by atoms with E-state index in [1.165, 1.54) is 12.4 Å². The summed E-state index contributed by atoms with van der Waals surface area (Å²) in [6.07, 6.45) is 3.74. The van der Waals surface area contributed by atoms with Crippen LogP contribution in [0.4, 0.5) is 5.95 Å². The van der Waals surface area contributed by atoms with Crippen molar-refractivity contribution in [2.45, 2.75) is 19.4 Å². The second-order valence-corrected chi connectivity index (χ2v) is 5.93. The van der Waals surface area contributed by atoms with Crippen LogP contribution in [0.3, 0.4) is 0 Å². The monoisotopic (exact) mass is 331 g/mol. The van der Waals surface area contributed by atoms with Crippen molar-refractivity contribution in [1.82, 2.24) is 20.0 Å². The molecule has 1 N–H and O–H groups in total. The highest BCUT2D eigenvalue weighted by Gasteiger charge is 2.36. The van der Waals surface area contributed by atoms with Gasteiger partial charge in [0.2, 0.25) is 5.95 Å². The van der Waals surface area contributed by atoms with Crippen molar-refractivity contribution in [2.75, 3.05) is 32.6 Å². The Labute approximate surface area is 140 Å². The zero-order valence-electron chi connectivity index (χ0n) is 14.0. The number of ether oxygens (including phenoxy) is 1. The number of nitrogens with one attached hydrogen (secondary N) is 1. The third-order valence-corrected chi connectivity index (χ3v) is 4.23. The normalized spacial score (nSPS) is 20.4. The fraction of sp³-hybridized carbons (Fsp3) is 0.500. The lowest BCUT2D eigenvalue weighted by Gasteiger charge is -2.15. The van der Waals surface area contributed by atoms with Gasteiger partial charge in [-0.05, 0) is 6.92 Å². The number of aromatic nitrogens is 3. The van der Waals surface area contributed by atoms with Gasteiger partial charge in [0.05, 0.1) is 17.4 Å². The van der Waals surface area contributed by atoms with Gasteiger partial charge < -0.3 is 19.5 Å². The molecular formula is C16H21N5O3. The molecule has 0 spiro atoms. The second kappa shape index (κ2) is 6.96. The van der Waals surface area contributed by atoms with Crippen molar-refractivity contribution >= 4 is 11.9 Å². The van der Waals surface area contributed by atoms with Gasteiger partial charge in [0.15, 0.2) is 0 Å². The fourth-order valence-corrected chi connectivity index (χ4v) is 2.99. The van der Waals surface area contributed by atoms with E-state index in [4.69, 9.17) is 9.26 Å². The van der Waals surface area contributed by atoms with Gasteiger partial charge in [-0.25, -0.2) is 9.97 Å². The highest BCUT2D eigenvalue weighted by Crippen LogP contribution is 2.25. The van der Waals surface area contributed by atoms with Crippen molar-refractivity contribution in [1.29, 1.82) is 0 Å². The number of rotatable bonds is 5. The molecule has 2 aromatic heterocycles. The molecular weight excluding hydrogens is 310 g/mol. The predicted octanol–water partition coefficient (Wildman–Crippen LogP) is 1.14. The van der Waals surface area contributed by atoms with Crippen LogP contribution < -0.4 is 5.32 Å². The van der Waals surface area contributed by atoms with Crippen molar-refractivity contribution in [2.24, 2.45) is 5.92 Å². The summed E-state index contributed by atoms with van der Waals surface area (Å²) < 4.78 is 10.8. The Bertz CT molecular complexity index is 700. The summed E-state index contributed by atoms with van der Waals surface area (Å²) >= 11 is 0. The van der Waals surface area contributed by atoms with Crippen molar-refractivity contribution in [3.05, 3.63) is 35.5 Å². The summed E-state index contributed by atoms with van der Waals surface area (Å²) in [5.41, 5.74) is 1.33. The summed E-state index contributed by atoms with van der Waals surface area (Å²) in [5.74, 6) is 1.39. The van der Waals surface area contributed by atoms with Crippen LogP contribution >= 0.6 is 0 Å². The molecule has 3 heterocycles. The Morgan fingerprint density at radius 3 is 2.75 bits per heavy atom. The number of methoxy groups -OCH3 is 1. The Kier molecular flexibility index (Phi) is 4.75. The van der Waals surface area contributed by atoms with Crippen LogP contribution in [0.15, 0.2) is 23.0 Å². The van der Waals surface area contributed by atoms with Gasteiger partial charge in [0, 0.05) is 58.0 Å². The fourth-order valence-electron chi connectivity index (χ4n) is 2.99. The molecule has 8 nitrogen and oxygen atoms in total. The summed E-state index contributed by atoms with van der Waals surface area (Å²) in [6, 6.07) is 1.92. The van der Waals surface area contributed by atoms with Gasteiger partial charge in [-0.2, -0.15) is 0 Å². The molecule has 0 aliphatic carbocycles. The van der Waals surface area contributed by atoms with Gasteiger partial charge >= 0.3 is 0 Å². The number of aryl methyl sites for hydroxylation is 1. The molecule has 2 atom stereocenters. The minimum absolute atomic E-state index is 0.0307. The first-order chi connectivity index (χ1) is 11.6. The molecule has 24 heavy (non-hydrogen) atoms. The number of nitrogens with zero attached hydrogens (tertiary/aromatic N) is 4. The molecule has 3 rings (SSSR count). The zero-order valence-corrected chi connectivity index (χ0v) is 14.0. The number of hydrogen-bond donors (Lipinski definition) is 1. The molecule has 2 aromatic rings. The molecule has 1 aliphatic rings. The third kappa shape index (κ3) is 3.38. The van der Waals surface area contributed by atoms with E-state index < -0.39 is 0 Å². The molecule has 1 amide bonds. The SMILES string of the molecule is CNc1ncc(C(=O)N2C[C@@H](Cc3cc(C)no3)[C@@H](OC)C2)cn1. The Morgan fingerprint density at radius 1 is 1.42 bits per heavy atom. The largest absolute Gasteiger partial charge is 0.379 e. The Morgan fingerprint density at radius 2 is 2.17 bits per heavy atom. The van der Waals surface area contributed by atoms with E-state index >= 15 is 0 Å². The Hall–Kier alpha value is -2.48. The predicted molar refractivity (Wildman–Crippen MR) is 86.7 cm³/mol. The minimum atomic E-state index is -0.0871. The van der Waals surface area contributed by atoms with Crippen LogP contribution in [-0.4, -0.2) is 59.3 Å². The molecule has 0 unspecified atom stereocenters. The maximum absolute atomic E-state index is 12.6. The van der Waals surface area contributed by atoms with E-state index in [1.54, 1.807) is 19.1 Å². The highest BCUT2D eigenvalue weighted by molar-refractivity contribution is 5.94. The number of anilines is 1. The standard InChI is InChI=1S/C16H21N5O3/c1-10-4-13(24-20-10)5-11-8-21(9-14(11)23-3)15(22)12-6-18-16(17-2)19-7-12/h4,6-7,11,14H,5,8-9H2,1-3H3,(H,17,18,19)/t11-,14+/m1/s1. The molecule has 128 valence electrons. The summed E-state index contributed by atoms with van der Waals surface area (Å²) in [7, 11) is 3.40. The van der Waals surface area contributed by atoms with E-state index in [9.17, 15) is 4.79 Å². The molecule has 0 saturated carbocycles. The van der Waals surface area contributed by atoms with Gasteiger partial charge in [-0.3, -0.25) is 4.79 Å². The smallest absolute Gasteiger partial charge is 0.257 e. The average Bonchev–Trinajstić information content (AvgIpc) is 3.20. The zero-order chi connectivity index (χ0) is 17.1. The molecule has 0 radical (unpaired) electrons. The average molecular weight is 331 g/mol. The topological polar surface area (TPSA) is 93.4 Å². The summed E-state index contributed by atoms with van der Waals surface area (Å²) in [5, 5.41) is 6.74. The van der Waals surface area contributed by atoms with Gasteiger partial charge in [0.25, 0.3) is 5.91 Å². The van der Waals surface area contributed by atoms with Crippen LogP contribution in [0.1, 0.15) is 21.8 Å². The lowest BCUT2D eigenvalue weighted by atomic mass is 10.0. The quantitative estimate of drug-likeness (QED) is 0.878. The molecule has 0 aromatic carbocycles. The van der Waals surface area contributed by atoms with Crippen LogP contribution in [0.2, 0.25) is 0 Å². The van der Waals surface area contributed by atoms with Crippen LogP contribution in [0.25, 0.3) is 0 Å². The molecule has 0 bridgehead atoms. The molecule has 8 heteroatoms. The van der Waals surface area contributed by atoms with Crippen molar-refractivity contribution < 1.29 is 14.1 Å². The van der Waals surface area contributed by atoms with E-state index in [2.05, 4.69) is 20.4 Å². The second-order valence-electron chi connectivity index (χ2n) is 5.93. The maximum atomic E-state index is 12.6. The first-order valence-corrected chi connectivity index (χ1v) is 7.84. The summed E-state index contributed by atoms with van der Waals surface area (Å²) in [6.45, 7) is 3.03. The first-order valence-electron chi connectivity index (χ1n) is 7.84. The van der Waals surface area contributed by atoms with E-state index in [0.29, 0.717) is 31.0 Å². The van der Waals surface area contributed by atoms with Crippen molar-refractivity contribution in [3.63, 3.8) is 0 Å². The van der Waals surface area contributed by atoms with E-state index in [-0.39, 0.29) is 17.9 Å². The maximum Gasteiger partial charge on any atom is 0.257 e. The number of likely N-dealkylation sites (tertiary alicyclic amines) is 1. The lowest BCUT2D eigenvalue weighted by molar-refractivity contribution is 0.0672. The molecule has 1 fully saturated rings. The van der Waals surface area contributed by atoms with E-state index in [1.807, 2.05) is 13.0 Å². The lowest BCUT2D eigenvalue weighted by Crippen LogP contribution is -2.30. The Balaban J connectivity index is 1.69. The van der Waals surface area contributed by atoms with Crippen molar-refractivity contribution in [3.8, 4) is 0 Å². The molecule has 1 saturated heterocycles. The number of carbonyl (C=O) groups is 1. The van der Waals surface area contributed by atoms with Crippen LogP contribution in [0.5, 0.6) is 0 Å². The highest BCUT2D eigenvalue weighted by atomic mass is 16.5. The first kappa shape index (κ1) is 16.4. The number of amides is 1. The number of hydrogen-bond acceptors (Lipinski definition) is 7. The van der Waals surface area contributed by atoms with Gasteiger partial charge in [0.1, 0.15) is 5.76 Å². The van der Waals surface area contributed by atoms with Crippen LogP contribution in [0, 0.1) is 12.8 Å². The molecule has 1 aliphatic heterocycles. The van der Waals surface area contributed by atoms with Gasteiger partial charge in [-0.15, -0.1) is 0 Å². The minimum Gasteiger partial charge on any atom is -0.379 e. The van der Waals surface area contributed by atoms with Crippen LogP contribution in [-0.2, 0) is 11.2 Å². The van der Waals surface area contributed by atoms with Gasteiger partial charge in [-0.1, -0.05) is 5.16 Å². The third-order valence-electron chi connectivity index (χ3n) is 4.23. The number of carbonyl (C=O) groups excluding carboxylic acids is 1. The van der Waals surface area contributed by atoms with E-state index in [0.717, 1.165) is 11.5 Å².